The smallest absolute Gasteiger partial charge is 0.332 e. The van der Waals surface area contributed by atoms with Gasteiger partial charge in [-0.25, -0.2) is 0 Å². The zero-order valence-electron chi connectivity index (χ0n) is 9.31. The molecule has 94 valence electrons. The van der Waals surface area contributed by atoms with Crippen molar-refractivity contribution in [3.05, 3.63) is 0 Å². The van der Waals surface area contributed by atoms with Crippen molar-refractivity contribution < 1.29 is 18.0 Å². The minimum Gasteiger partial charge on any atom is -0.332 e. The first-order valence-electron chi connectivity index (χ1n) is 5.53. The standard InChI is InChI=1S/C10H17F3N2O/c1-2-6-15(7-10(11,12)13)9(16)8-4-3-5-14-8/h8,14H,2-7H2,1H3/t8-/m1/s1. The summed E-state index contributed by atoms with van der Waals surface area (Å²) >= 11 is 0. The Kier molecular flexibility index (Phi) is 4.58. The van der Waals surface area contributed by atoms with E-state index in [4.69, 9.17) is 0 Å². The molecule has 3 nitrogen and oxygen atoms in total. The number of alkyl halides is 3. The lowest BCUT2D eigenvalue weighted by atomic mass is 10.2. The van der Waals surface area contributed by atoms with Gasteiger partial charge in [0.2, 0.25) is 5.91 Å². The fourth-order valence-electron chi connectivity index (χ4n) is 1.87. The summed E-state index contributed by atoms with van der Waals surface area (Å²) in [6, 6.07) is -0.422. The molecule has 0 bridgehead atoms. The number of rotatable bonds is 4. The van der Waals surface area contributed by atoms with Gasteiger partial charge >= 0.3 is 6.18 Å². The molecule has 16 heavy (non-hydrogen) atoms. The third-order valence-electron chi connectivity index (χ3n) is 2.53. The molecule has 1 amide bonds. The van der Waals surface area contributed by atoms with Crippen molar-refractivity contribution in [2.45, 2.75) is 38.4 Å². The molecule has 1 heterocycles. The number of hydrogen-bond acceptors (Lipinski definition) is 2. The van der Waals surface area contributed by atoms with E-state index in [0.29, 0.717) is 19.4 Å². The topological polar surface area (TPSA) is 32.3 Å². The molecule has 1 atom stereocenters. The van der Waals surface area contributed by atoms with Gasteiger partial charge in [0.25, 0.3) is 0 Å². The van der Waals surface area contributed by atoms with Gasteiger partial charge in [-0.15, -0.1) is 0 Å². The highest BCUT2D eigenvalue weighted by Crippen LogP contribution is 2.18. The molecule has 1 aliphatic rings. The molecule has 6 heteroatoms. The summed E-state index contributed by atoms with van der Waals surface area (Å²) in [5.74, 6) is -0.420. The Hall–Kier alpha value is -0.780. The normalized spacial score (nSPS) is 21.1. The van der Waals surface area contributed by atoms with Crippen molar-refractivity contribution in [1.29, 1.82) is 0 Å². The van der Waals surface area contributed by atoms with Gasteiger partial charge in [0, 0.05) is 6.54 Å². The molecule has 0 aliphatic carbocycles. The highest BCUT2D eigenvalue weighted by atomic mass is 19.4. The van der Waals surface area contributed by atoms with Crippen LogP contribution in [0.25, 0.3) is 0 Å². The summed E-state index contributed by atoms with van der Waals surface area (Å²) in [4.78, 5) is 12.7. The molecule has 0 spiro atoms. The largest absolute Gasteiger partial charge is 0.406 e. The van der Waals surface area contributed by atoms with Gasteiger partial charge < -0.3 is 10.2 Å². The predicted molar refractivity (Wildman–Crippen MR) is 54.0 cm³/mol. The van der Waals surface area contributed by atoms with E-state index in [0.717, 1.165) is 11.3 Å². The van der Waals surface area contributed by atoms with Crippen LogP contribution in [-0.2, 0) is 4.79 Å². The van der Waals surface area contributed by atoms with Crippen LogP contribution in [0.2, 0.25) is 0 Å². The molecule has 1 saturated heterocycles. The minimum atomic E-state index is -4.32. The van der Waals surface area contributed by atoms with Crippen molar-refractivity contribution in [3.8, 4) is 0 Å². The molecule has 0 saturated carbocycles. The van der Waals surface area contributed by atoms with Crippen LogP contribution in [0.1, 0.15) is 26.2 Å². The lowest BCUT2D eigenvalue weighted by Gasteiger charge is -2.26. The molecule has 1 aliphatic heterocycles. The maximum Gasteiger partial charge on any atom is 0.406 e. The molecule has 0 unspecified atom stereocenters. The first-order chi connectivity index (χ1) is 7.44. The number of hydrogen-bond donors (Lipinski definition) is 1. The Balaban J connectivity index is 2.57. The van der Waals surface area contributed by atoms with Crippen LogP contribution >= 0.6 is 0 Å². The number of carbonyl (C=O) groups is 1. The second-order valence-corrected chi connectivity index (χ2v) is 4.02. The quantitative estimate of drug-likeness (QED) is 0.805. The third kappa shape index (κ3) is 4.00. The van der Waals surface area contributed by atoms with Crippen LogP contribution in [0.4, 0.5) is 13.2 Å². The Labute approximate surface area is 93.0 Å². The lowest BCUT2D eigenvalue weighted by Crippen LogP contribution is -2.47. The molecule has 0 aromatic carbocycles. The number of nitrogens with zero attached hydrogens (tertiary/aromatic N) is 1. The van der Waals surface area contributed by atoms with E-state index in [2.05, 4.69) is 5.32 Å². The summed E-state index contributed by atoms with van der Waals surface area (Å²) in [7, 11) is 0. The fourth-order valence-corrected chi connectivity index (χ4v) is 1.87. The number of nitrogens with one attached hydrogen (secondary N) is 1. The van der Waals surface area contributed by atoms with Crippen LogP contribution in [0.3, 0.4) is 0 Å². The summed E-state index contributed by atoms with van der Waals surface area (Å²) in [6.07, 6.45) is -2.29. The maximum absolute atomic E-state index is 12.3. The molecule has 0 aromatic rings. The van der Waals surface area contributed by atoms with Gasteiger partial charge in [0.15, 0.2) is 0 Å². The van der Waals surface area contributed by atoms with E-state index < -0.39 is 24.7 Å². The van der Waals surface area contributed by atoms with Gasteiger partial charge in [-0.05, 0) is 25.8 Å². The Bertz CT molecular complexity index is 237. The molecule has 1 fully saturated rings. The van der Waals surface area contributed by atoms with Gasteiger partial charge in [-0.3, -0.25) is 4.79 Å². The lowest BCUT2D eigenvalue weighted by molar-refractivity contribution is -0.162. The van der Waals surface area contributed by atoms with Crippen molar-refractivity contribution in [2.75, 3.05) is 19.6 Å². The number of amides is 1. The van der Waals surface area contributed by atoms with E-state index in [9.17, 15) is 18.0 Å². The number of halogens is 3. The van der Waals surface area contributed by atoms with Crippen molar-refractivity contribution in [1.82, 2.24) is 10.2 Å². The van der Waals surface area contributed by atoms with Crippen LogP contribution in [0, 0.1) is 0 Å². The molecule has 1 N–H and O–H groups in total. The van der Waals surface area contributed by atoms with Crippen LogP contribution < -0.4 is 5.32 Å². The Morgan fingerprint density at radius 1 is 1.50 bits per heavy atom. The molecule has 0 radical (unpaired) electrons. The summed E-state index contributed by atoms with van der Waals surface area (Å²) in [6.45, 7) is 1.50. The van der Waals surface area contributed by atoms with Gasteiger partial charge in [0.05, 0.1) is 6.04 Å². The van der Waals surface area contributed by atoms with E-state index in [1.54, 1.807) is 6.92 Å². The monoisotopic (exact) mass is 238 g/mol. The van der Waals surface area contributed by atoms with E-state index in [-0.39, 0.29) is 6.54 Å². The molecule has 0 aromatic heterocycles. The van der Waals surface area contributed by atoms with Crippen molar-refractivity contribution in [2.24, 2.45) is 0 Å². The third-order valence-corrected chi connectivity index (χ3v) is 2.53. The van der Waals surface area contributed by atoms with E-state index >= 15 is 0 Å². The van der Waals surface area contributed by atoms with Gasteiger partial charge in [0.1, 0.15) is 6.54 Å². The highest BCUT2D eigenvalue weighted by molar-refractivity contribution is 5.82. The zero-order valence-corrected chi connectivity index (χ0v) is 9.31. The average Bonchev–Trinajstić information content (AvgIpc) is 2.66. The van der Waals surface area contributed by atoms with Gasteiger partial charge in [-0.2, -0.15) is 13.2 Å². The van der Waals surface area contributed by atoms with Crippen molar-refractivity contribution in [3.63, 3.8) is 0 Å². The highest BCUT2D eigenvalue weighted by Gasteiger charge is 2.35. The molecule has 1 rings (SSSR count). The molecular formula is C10H17F3N2O. The zero-order chi connectivity index (χ0) is 12.2. The summed E-state index contributed by atoms with van der Waals surface area (Å²) in [5, 5.41) is 2.92. The van der Waals surface area contributed by atoms with Crippen molar-refractivity contribution >= 4 is 5.91 Å². The number of carbonyl (C=O) groups excluding carboxylic acids is 1. The maximum atomic E-state index is 12.3. The fraction of sp³-hybridized carbons (Fsp3) is 0.900. The van der Waals surface area contributed by atoms with Gasteiger partial charge in [-0.1, -0.05) is 6.92 Å². The summed E-state index contributed by atoms with van der Waals surface area (Å²) in [5.41, 5.74) is 0. The first kappa shape index (κ1) is 13.3. The second-order valence-electron chi connectivity index (χ2n) is 4.02. The van der Waals surface area contributed by atoms with Crippen LogP contribution in [0.5, 0.6) is 0 Å². The van der Waals surface area contributed by atoms with Crippen LogP contribution in [-0.4, -0.2) is 42.7 Å². The first-order valence-corrected chi connectivity index (χ1v) is 5.53. The minimum absolute atomic E-state index is 0.163. The predicted octanol–water partition coefficient (Wildman–Crippen LogP) is 1.54. The Morgan fingerprint density at radius 2 is 2.19 bits per heavy atom. The van der Waals surface area contributed by atoms with Crippen LogP contribution in [0.15, 0.2) is 0 Å². The Morgan fingerprint density at radius 3 is 2.62 bits per heavy atom. The van der Waals surface area contributed by atoms with E-state index in [1.807, 2.05) is 0 Å². The SMILES string of the molecule is CCCN(CC(F)(F)F)C(=O)[C@H]1CCCN1. The molecular weight excluding hydrogens is 221 g/mol. The van der Waals surface area contributed by atoms with E-state index in [1.165, 1.54) is 0 Å². The second kappa shape index (κ2) is 5.52. The average molecular weight is 238 g/mol. The summed E-state index contributed by atoms with van der Waals surface area (Å²) < 4.78 is 36.8.